The van der Waals surface area contributed by atoms with Gasteiger partial charge in [-0.1, -0.05) is 0 Å². The van der Waals surface area contributed by atoms with E-state index in [2.05, 4.69) is 5.32 Å². The molecule has 0 saturated carbocycles. The Morgan fingerprint density at radius 3 is 2.63 bits per heavy atom. The topological polar surface area (TPSA) is 119 Å². The molecule has 19 heavy (non-hydrogen) atoms. The van der Waals surface area contributed by atoms with Crippen LogP contribution < -0.4 is 5.32 Å². The van der Waals surface area contributed by atoms with Gasteiger partial charge in [0, 0.05) is 25.8 Å². The van der Waals surface area contributed by atoms with Crippen molar-refractivity contribution in [1.82, 2.24) is 5.32 Å². The van der Waals surface area contributed by atoms with Crippen LogP contribution in [0, 0.1) is 10.1 Å². The fraction of sp³-hybridized carbons (Fsp3) is 0.273. The summed E-state index contributed by atoms with van der Waals surface area (Å²) >= 11 is 0. The predicted octanol–water partition coefficient (Wildman–Crippen LogP) is 0.669. The van der Waals surface area contributed by atoms with Gasteiger partial charge >= 0.3 is 5.97 Å². The zero-order chi connectivity index (χ0) is 14.4. The molecule has 0 unspecified atom stereocenters. The SMILES string of the molecule is COCCNC(=O)c1ccc([N+](=O)[O-])cc1C(=O)O. The molecule has 1 aromatic carbocycles. The fourth-order valence-corrected chi connectivity index (χ4v) is 1.38. The van der Waals surface area contributed by atoms with Gasteiger partial charge in [-0.2, -0.15) is 0 Å². The number of hydrogen-bond acceptors (Lipinski definition) is 5. The maximum Gasteiger partial charge on any atom is 0.336 e. The molecule has 8 nitrogen and oxygen atoms in total. The zero-order valence-electron chi connectivity index (χ0n) is 10.1. The van der Waals surface area contributed by atoms with Crippen molar-refractivity contribution >= 4 is 17.6 Å². The highest BCUT2D eigenvalue weighted by molar-refractivity contribution is 6.05. The molecule has 8 heteroatoms. The van der Waals surface area contributed by atoms with Gasteiger partial charge < -0.3 is 15.2 Å². The maximum atomic E-state index is 11.7. The van der Waals surface area contributed by atoms with E-state index in [0.29, 0.717) is 0 Å². The molecular formula is C11H12N2O6. The Labute approximate surface area is 108 Å². The quantitative estimate of drug-likeness (QED) is 0.444. The van der Waals surface area contributed by atoms with E-state index in [0.717, 1.165) is 18.2 Å². The van der Waals surface area contributed by atoms with Gasteiger partial charge in [-0.15, -0.1) is 0 Å². The lowest BCUT2D eigenvalue weighted by Crippen LogP contribution is -2.28. The molecule has 0 atom stereocenters. The van der Waals surface area contributed by atoms with Gasteiger partial charge in [-0.05, 0) is 6.07 Å². The average Bonchev–Trinajstić information content (AvgIpc) is 2.38. The number of nitrogens with one attached hydrogen (secondary N) is 1. The highest BCUT2D eigenvalue weighted by Gasteiger charge is 2.20. The van der Waals surface area contributed by atoms with Crippen molar-refractivity contribution in [1.29, 1.82) is 0 Å². The molecule has 0 aliphatic heterocycles. The van der Waals surface area contributed by atoms with Crippen LogP contribution in [0.2, 0.25) is 0 Å². The molecule has 0 bridgehead atoms. The third-order valence-electron chi connectivity index (χ3n) is 2.28. The molecule has 0 saturated heterocycles. The summed E-state index contributed by atoms with van der Waals surface area (Å²) in [5.74, 6) is -2.02. The number of nitro benzene ring substituents is 1. The molecule has 1 amide bonds. The molecular weight excluding hydrogens is 256 g/mol. The molecule has 0 fully saturated rings. The summed E-state index contributed by atoms with van der Waals surface area (Å²) < 4.78 is 4.74. The van der Waals surface area contributed by atoms with Crippen molar-refractivity contribution in [2.45, 2.75) is 0 Å². The number of nitro groups is 1. The number of nitrogens with zero attached hydrogens (tertiary/aromatic N) is 1. The van der Waals surface area contributed by atoms with Crippen LogP contribution in [-0.2, 0) is 4.74 Å². The van der Waals surface area contributed by atoms with Gasteiger partial charge in [0.05, 0.1) is 22.7 Å². The van der Waals surface area contributed by atoms with Crippen LogP contribution in [0.15, 0.2) is 18.2 Å². The lowest BCUT2D eigenvalue weighted by atomic mass is 10.1. The molecule has 0 aromatic heterocycles. The first-order chi connectivity index (χ1) is 8.97. The zero-order valence-corrected chi connectivity index (χ0v) is 10.1. The lowest BCUT2D eigenvalue weighted by molar-refractivity contribution is -0.384. The second kappa shape index (κ2) is 6.45. The number of carbonyl (C=O) groups is 2. The van der Waals surface area contributed by atoms with Gasteiger partial charge in [-0.3, -0.25) is 14.9 Å². The fourth-order valence-electron chi connectivity index (χ4n) is 1.38. The number of aromatic carboxylic acids is 1. The second-order valence-electron chi connectivity index (χ2n) is 3.54. The van der Waals surface area contributed by atoms with Crippen molar-refractivity contribution in [3.8, 4) is 0 Å². The van der Waals surface area contributed by atoms with Crippen molar-refractivity contribution in [2.75, 3.05) is 20.3 Å². The summed E-state index contributed by atoms with van der Waals surface area (Å²) in [6.45, 7) is 0.493. The van der Waals surface area contributed by atoms with E-state index in [1.165, 1.54) is 7.11 Å². The molecule has 0 spiro atoms. The summed E-state index contributed by atoms with van der Waals surface area (Å²) in [5.41, 5.74) is -0.927. The molecule has 0 aliphatic carbocycles. The summed E-state index contributed by atoms with van der Waals surface area (Å²) in [5, 5.41) is 22.0. The number of amides is 1. The first kappa shape index (κ1) is 14.6. The Kier molecular flexibility index (Phi) is 4.95. The molecule has 0 heterocycles. The third kappa shape index (κ3) is 3.75. The van der Waals surface area contributed by atoms with E-state index in [9.17, 15) is 19.7 Å². The van der Waals surface area contributed by atoms with Crippen molar-refractivity contribution in [2.24, 2.45) is 0 Å². The number of ether oxygens (including phenoxy) is 1. The number of carboxylic acids is 1. The van der Waals surface area contributed by atoms with Crippen LogP contribution in [0.1, 0.15) is 20.7 Å². The van der Waals surface area contributed by atoms with Crippen LogP contribution in [-0.4, -0.2) is 42.2 Å². The largest absolute Gasteiger partial charge is 0.478 e. The van der Waals surface area contributed by atoms with Crippen molar-refractivity contribution in [3.63, 3.8) is 0 Å². The van der Waals surface area contributed by atoms with E-state index in [1.54, 1.807) is 0 Å². The highest BCUT2D eigenvalue weighted by atomic mass is 16.6. The first-order valence-electron chi connectivity index (χ1n) is 5.26. The minimum absolute atomic E-state index is 0.130. The number of rotatable bonds is 6. The predicted molar refractivity (Wildman–Crippen MR) is 64.3 cm³/mol. The van der Waals surface area contributed by atoms with E-state index in [-0.39, 0.29) is 24.4 Å². The first-order valence-corrected chi connectivity index (χ1v) is 5.26. The maximum absolute atomic E-state index is 11.7. The highest BCUT2D eigenvalue weighted by Crippen LogP contribution is 2.18. The van der Waals surface area contributed by atoms with Gasteiger partial charge in [0.2, 0.25) is 0 Å². The molecule has 0 aliphatic rings. The molecule has 0 radical (unpaired) electrons. The molecule has 2 N–H and O–H groups in total. The number of benzene rings is 1. The Balaban J connectivity index is 3.03. The number of hydrogen-bond donors (Lipinski definition) is 2. The second-order valence-corrected chi connectivity index (χ2v) is 3.54. The average molecular weight is 268 g/mol. The monoisotopic (exact) mass is 268 g/mol. The van der Waals surface area contributed by atoms with Crippen LogP contribution in [0.5, 0.6) is 0 Å². The van der Waals surface area contributed by atoms with Gasteiger partial charge in [0.15, 0.2) is 0 Å². The molecule has 102 valence electrons. The van der Waals surface area contributed by atoms with Gasteiger partial charge in [0.25, 0.3) is 11.6 Å². The van der Waals surface area contributed by atoms with Crippen LogP contribution in [0.3, 0.4) is 0 Å². The number of methoxy groups -OCH3 is 1. The van der Waals surface area contributed by atoms with E-state index < -0.39 is 22.4 Å². The Hall–Kier alpha value is -2.48. The van der Waals surface area contributed by atoms with Gasteiger partial charge in [0.1, 0.15) is 0 Å². The minimum Gasteiger partial charge on any atom is -0.478 e. The van der Waals surface area contributed by atoms with Crippen LogP contribution >= 0.6 is 0 Å². The van der Waals surface area contributed by atoms with Crippen molar-refractivity contribution in [3.05, 3.63) is 39.4 Å². The Morgan fingerprint density at radius 2 is 2.11 bits per heavy atom. The van der Waals surface area contributed by atoms with E-state index in [4.69, 9.17) is 9.84 Å². The van der Waals surface area contributed by atoms with Gasteiger partial charge in [-0.25, -0.2) is 4.79 Å². The standard InChI is InChI=1S/C11H12N2O6/c1-19-5-4-12-10(14)8-3-2-7(13(17)18)6-9(8)11(15)16/h2-3,6H,4-5H2,1H3,(H,12,14)(H,15,16). The van der Waals surface area contributed by atoms with E-state index in [1.807, 2.05) is 0 Å². The van der Waals surface area contributed by atoms with Crippen LogP contribution in [0.4, 0.5) is 5.69 Å². The normalized spacial score (nSPS) is 9.95. The third-order valence-corrected chi connectivity index (χ3v) is 2.28. The number of carboxylic acid groups (broad SMARTS) is 1. The molecule has 1 aromatic rings. The summed E-state index contributed by atoms with van der Waals surface area (Å²) in [6, 6.07) is 3.05. The minimum atomic E-state index is -1.40. The smallest absolute Gasteiger partial charge is 0.336 e. The van der Waals surface area contributed by atoms with Crippen molar-refractivity contribution < 1.29 is 24.4 Å². The Morgan fingerprint density at radius 1 is 1.42 bits per heavy atom. The number of non-ortho nitro benzene ring substituents is 1. The van der Waals surface area contributed by atoms with E-state index >= 15 is 0 Å². The lowest BCUT2D eigenvalue weighted by Gasteiger charge is -2.07. The summed E-state index contributed by atoms with van der Waals surface area (Å²) in [7, 11) is 1.46. The molecule has 1 rings (SSSR count). The van der Waals surface area contributed by atoms with Crippen LogP contribution in [0.25, 0.3) is 0 Å². The summed E-state index contributed by atoms with van der Waals surface area (Å²) in [4.78, 5) is 32.6. The number of carbonyl (C=O) groups excluding carboxylic acids is 1. The summed E-state index contributed by atoms with van der Waals surface area (Å²) in [6.07, 6.45) is 0. The Bertz CT molecular complexity index is 514.